The van der Waals surface area contributed by atoms with Gasteiger partial charge in [0.05, 0.1) is 0 Å². The molecule has 0 amide bonds. The second kappa shape index (κ2) is 6.02. The monoisotopic (exact) mass is 259 g/mol. The minimum atomic E-state index is 0.383. The average molecular weight is 259 g/mol. The van der Waals surface area contributed by atoms with Crippen molar-refractivity contribution < 1.29 is 0 Å². The molecule has 2 aliphatic rings. The Kier molecular flexibility index (Phi) is 4.14. The Labute approximate surface area is 116 Å². The number of pyridine rings is 1. The zero-order valence-corrected chi connectivity index (χ0v) is 11.7. The number of nitrogens with two attached hydrogens (primary N) is 1. The molecule has 0 radical (unpaired) electrons. The molecule has 1 aromatic heterocycles. The molecule has 1 aliphatic carbocycles. The summed E-state index contributed by atoms with van der Waals surface area (Å²) < 4.78 is 0. The molecular formula is C16H25N3. The SMILES string of the molecule is NCC(c1ccncc1)N1CCCC2CCCCC21. The van der Waals surface area contributed by atoms with Crippen molar-refractivity contribution in [3.63, 3.8) is 0 Å². The third-order valence-corrected chi connectivity index (χ3v) is 5.00. The molecule has 1 aliphatic heterocycles. The Morgan fingerprint density at radius 3 is 2.68 bits per heavy atom. The lowest BCUT2D eigenvalue weighted by atomic mass is 9.77. The van der Waals surface area contributed by atoms with E-state index in [0.29, 0.717) is 12.6 Å². The topological polar surface area (TPSA) is 42.1 Å². The molecule has 3 nitrogen and oxygen atoms in total. The first-order valence-electron chi connectivity index (χ1n) is 7.76. The fraction of sp³-hybridized carbons (Fsp3) is 0.688. The van der Waals surface area contributed by atoms with E-state index in [0.717, 1.165) is 12.0 Å². The van der Waals surface area contributed by atoms with Gasteiger partial charge in [0.1, 0.15) is 0 Å². The van der Waals surface area contributed by atoms with Gasteiger partial charge in [-0.3, -0.25) is 9.88 Å². The molecule has 2 N–H and O–H groups in total. The molecule has 1 aromatic rings. The van der Waals surface area contributed by atoms with E-state index in [1.807, 2.05) is 12.4 Å². The number of fused-ring (bicyclic) bond motifs is 1. The van der Waals surface area contributed by atoms with Crippen LogP contribution in [0.4, 0.5) is 0 Å². The summed E-state index contributed by atoms with van der Waals surface area (Å²) in [6.45, 7) is 1.93. The summed E-state index contributed by atoms with van der Waals surface area (Å²) in [6, 6.07) is 5.41. The molecule has 3 unspecified atom stereocenters. The third-order valence-electron chi connectivity index (χ3n) is 5.00. The molecule has 3 heteroatoms. The zero-order chi connectivity index (χ0) is 13.1. The number of rotatable bonds is 3. The van der Waals surface area contributed by atoms with Gasteiger partial charge >= 0.3 is 0 Å². The molecule has 19 heavy (non-hydrogen) atoms. The lowest BCUT2D eigenvalue weighted by molar-refractivity contribution is 0.0276. The number of nitrogens with zero attached hydrogens (tertiary/aromatic N) is 2. The molecule has 1 saturated carbocycles. The van der Waals surface area contributed by atoms with Crippen molar-refractivity contribution in [1.82, 2.24) is 9.88 Å². The van der Waals surface area contributed by atoms with Crippen LogP contribution in [0.15, 0.2) is 24.5 Å². The first kappa shape index (κ1) is 13.1. The van der Waals surface area contributed by atoms with E-state index in [4.69, 9.17) is 5.73 Å². The smallest absolute Gasteiger partial charge is 0.0474 e. The maximum absolute atomic E-state index is 6.10. The maximum atomic E-state index is 6.10. The molecule has 0 bridgehead atoms. The van der Waals surface area contributed by atoms with Crippen molar-refractivity contribution in [2.45, 2.75) is 50.6 Å². The second-order valence-electron chi connectivity index (χ2n) is 6.02. The van der Waals surface area contributed by atoms with Crippen molar-refractivity contribution in [2.75, 3.05) is 13.1 Å². The van der Waals surface area contributed by atoms with E-state index in [-0.39, 0.29) is 0 Å². The number of likely N-dealkylation sites (tertiary alicyclic amines) is 1. The molecule has 3 rings (SSSR count). The minimum absolute atomic E-state index is 0.383. The quantitative estimate of drug-likeness (QED) is 0.907. The fourth-order valence-corrected chi connectivity index (χ4v) is 4.10. The Balaban J connectivity index is 1.81. The largest absolute Gasteiger partial charge is 0.329 e. The van der Waals surface area contributed by atoms with Gasteiger partial charge in [0.2, 0.25) is 0 Å². The van der Waals surface area contributed by atoms with Gasteiger partial charge in [0.15, 0.2) is 0 Å². The van der Waals surface area contributed by atoms with Crippen LogP contribution in [0.2, 0.25) is 0 Å². The van der Waals surface area contributed by atoms with Gasteiger partial charge in [-0.1, -0.05) is 12.8 Å². The molecule has 1 saturated heterocycles. The Morgan fingerprint density at radius 2 is 1.89 bits per heavy atom. The van der Waals surface area contributed by atoms with E-state index in [1.54, 1.807) is 0 Å². The van der Waals surface area contributed by atoms with Crippen LogP contribution in [0, 0.1) is 5.92 Å². The molecule has 3 atom stereocenters. The summed E-state index contributed by atoms with van der Waals surface area (Å²) in [6.07, 6.45) is 12.2. The first-order valence-corrected chi connectivity index (χ1v) is 7.76. The molecule has 0 aromatic carbocycles. The van der Waals surface area contributed by atoms with E-state index >= 15 is 0 Å². The normalized spacial score (nSPS) is 29.7. The molecule has 0 spiro atoms. The maximum Gasteiger partial charge on any atom is 0.0474 e. The first-order chi connectivity index (χ1) is 9.40. The number of aromatic nitrogens is 1. The fourth-order valence-electron chi connectivity index (χ4n) is 4.10. The predicted molar refractivity (Wildman–Crippen MR) is 77.7 cm³/mol. The van der Waals surface area contributed by atoms with Gasteiger partial charge in [-0.25, -0.2) is 0 Å². The van der Waals surface area contributed by atoms with Crippen LogP contribution in [0.25, 0.3) is 0 Å². The van der Waals surface area contributed by atoms with E-state index in [1.165, 1.54) is 50.6 Å². The van der Waals surface area contributed by atoms with Crippen LogP contribution in [-0.4, -0.2) is 29.0 Å². The van der Waals surface area contributed by atoms with E-state index < -0.39 is 0 Å². The van der Waals surface area contributed by atoms with Crippen LogP contribution in [0.1, 0.15) is 50.1 Å². The highest BCUT2D eigenvalue weighted by atomic mass is 15.2. The molecule has 2 heterocycles. The van der Waals surface area contributed by atoms with Gasteiger partial charge in [-0.2, -0.15) is 0 Å². The highest BCUT2D eigenvalue weighted by Gasteiger charge is 2.36. The second-order valence-corrected chi connectivity index (χ2v) is 6.02. The number of piperidine rings is 1. The summed E-state index contributed by atoms with van der Waals surface area (Å²) in [5.41, 5.74) is 7.43. The van der Waals surface area contributed by atoms with Crippen molar-refractivity contribution >= 4 is 0 Å². The summed E-state index contributed by atoms with van der Waals surface area (Å²) in [5, 5.41) is 0. The lowest BCUT2D eigenvalue weighted by Crippen LogP contribution is -2.49. The predicted octanol–water partition coefficient (Wildman–Crippen LogP) is 2.74. The molecule has 2 fully saturated rings. The third kappa shape index (κ3) is 2.67. The average Bonchev–Trinajstić information content (AvgIpc) is 2.49. The van der Waals surface area contributed by atoms with Crippen molar-refractivity contribution in [2.24, 2.45) is 11.7 Å². The minimum Gasteiger partial charge on any atom is -0.329 e. The van der Waals surface area contributed by atoms with Crippen LogP contribution in [0.3, 0.4) is 0 Å². The van der Waals surface area contributed by atoms with Crippen molar-refractivity contribution in [3.05, 3.63) is 30.1 Å². The van der Waals surface area contributed by atoms with Crippen LogP contribution in [0.5, 0.6) is 0 Å². The van der Waals surface area contributed by atoms with Gasteiger partial charge in [0.25, 0.3) is 0 Å². The standard InChI is InChI=1S/C16H25N3/c17-12-16(14-7-9-18-10-8-14)19-11-3-5-13-4-1-2-6-15(13)19/h7-10,13,15-16H,1-6,11-12,17H2. The van der Waals surface area contributed by atoms with Crippen molar-refractivity contribution in [1.29, 1.82) is 0 Å². The summed E-state index contributed by atoms with van der Waals surface area (Å²) in [5.74, 6) is 0.915. The van der Waals surface area contributed by atoms with Crippen molar-refractivity contribution in [3.8, 4) is 0 Å². The van der Waals surface area contributed by atoms with Crippen LogP contribution < -0.4 is 5.73 Å². The van der Waals surface area contributed by atoms with Gasteiger partial charge in [0, 0.05) is 31.0 Å². The lowest BCUT2D eigenvalue weighted by Gasteiger charge is -2.47. The Bertz CT molecular complexity index is 390. The van der Waals surface area contributed by atoms with Crippen LogP contribution in [-0.2, 0) is 0 Å². The molecule has 104 valence electrons. The van der Waals surface area contributed by atoms with Gasteiger partial charge in [-0.05, 0) is 55.8 Å². The number of hydrogen-bond donors (Lipinski definition) is 1. The summed E-state index contributed by atoms with van der Waals surface area (Å²) >= 11 is 0. The zero-order valence-electron chi connectivity index (χ0n) is 11.7. The number of hydrogen-bond acceptors (Lipinski definition) is 3. The van der Waals surface area contributed by atoms with Gasteiger partial charge in [-0.15, -0.1) is 0 Å². The summed E-state index contributed by atoms with van der Waals surface area (Å²) in [4.78, 5) is 6.83. The van der Waals surface area contributed by atoms with E-state index in [9.17, 15) is 0 Å². The van der Waals surface area contributed by atoms with Crippen LogP contribution >= 0.6 is 0 Å². The Morgan fingerprint density at radius 1 is 1.16 bits per heavy atom. The molecular weight excluding hydrogens is 234 g/mol. The highest BCUT2D eigenvalue weighted by Crippen LogP contribution is 2.39. The highest BCUT2D eigenvalue weighted by molar-refractivity contribution is 5.16. The Hall–Kier alpha value is -0.930. The summed E-state index contributed by atoms with van der Waals surface area (Å²) in [7, 11) is 0. The van der Waals surface area contributed by atoms with Gasteiger partial charge < -0.3 is 5.73 Å². The van der Waals surface area contributed by atoms with E-state index in [2.05, 4.69) is 22.0 Å².